The Morgan fingerprint density at radius 2 is 2.29 bits per heavy atom. The van der Waals surface area contributed by atoms with Crippen LogP contribution < -0.4 is 5.32 Å². The third kappa shape index (κ3) is 3.83. The first kappa shape index (κ1) is 13.1. The third-order valence-corrected chi connectivity index (χ3v) is 3.46. The molecule has 0 spiro atoms. The van der Waals surface area contributed by atoms with Gasteiger partial charge in [-0.15, -0.1) is 0 Å². The fourth-order valence-corrected chi connectivity index (χ4v) is 2.06. The molecule has 1 aliphatic heterocycles. The molecule has 1 aromatic carbocycles. The molecule has 0 aliphatic carbocycles. The van der Waals surface area contributed by atoms with Crippen molar-refractivity contribution in [1.82, 2.24) is 5.32 Å². The smallest absolute Gasteiger partial charge is 0.0933 e. The van der Waals surface area contributed by atoms with Gasteiger partial charge in [0.05, 0.1) is 36.0 Å². The van der Waals surface area contributed by atoms with Gasteiger partial charge in [-0.25, -0.2) is 0 Å². The minimum atomic E-state index is 0.127. The second kappa shape index (κ2) is 6.57. The molecule has 1 N–H and O–H groups in total. The molecule has 1 aromatic rings. The van der Waals surface area contributed by atoms with E-state index in [9.17, 15) is 0 Å². The number of hydrogen-bond donors (Lipinski definition) is 1. The van der Waals surface area contributed by atoms with Crippen molar-refractivity contribution in [1.29, 1.82) is 0 Å². The molecule has 3 nitrogen and oxygen atoms in total. The van der Waals surface area contributed by atoms with Crippen LogP contribution in [0.4, 0.5) is 0 Å². The van der Waals surface area contributed by atoms with Gasteiger partial charge in [0.1, 0.15) is 0 Å². The van der Waals surface area contributed by atoms with Crippen LogP contribution in [0.3, 0.4) is 0 Å². The molecule has 0 radical (unpaired) electrons. The summed E-state index contributed by atoms with van der Waals surface area (Å²) in [5.74, 6) is 0. The molecule has 0 bridgehead atoms. The van der Waals surface area contributed by atoms with Crippen LogP contribution in [0.2, 0.25) is 10.0 Å². The molecule has 1 saturated heterocycles. The predicted molar refractivity (Wildman–Crippen MR) is 68.7 cm³/mol. The number of halogens is 2. The summed E-state index contributed by atoms with van der Waals surface area (Å²) in [5, 5.41) is 4.38. The summed E-state index contributed by atoms with van der Waals surface area (Å²) in [6.07, 6.45) is 0.127. The van der Waals surface area contributed by atoms with Gasteiger partial charge in [0, 0.05) is 13.1 Å². The summed E-state index contributed by atoms with van der Waals surface area (Å²) in [6.45, 7) is 3.51. The lowest BCUT2D eigenvalue weighted by Gasteiger charge is -2.23. The van der Waals surface area contributed by atoms with E-state index in [0.29, 0.717) is 23.3 Å². The summed E-state index contributed by atoms with van der Waals surface area (Å²) in [7, 11) is 0. The Morgan fingerprint density at radius 3 is 3.06 bits per heavy atom. The van der Waals surface area contributed by atoms with Gasteiger partial charge in [0.25, 0.3) is 0 Å². The van der Waals surface area contributed by atoms with E-state index in [1.807, 2.05) is 12.1 Å². The molecule has 0 saturated carbocycles. The second-order valence-corrected chi connectivity index (χ2v) is 4.71. The van der Waals surface area contributed by atoms with Crippen molar-refractivity contribution in [2.45, 2.75) is 12.7 Å². The van der Waals surface area contributed by atoms with E-state index >= 15 is 0 Å². The number of hydrogen-bond acceptors (Lipinski definition) is 3. The Kier molecular flexibility index (Phi) is 5.07. The zero-order valence-corrected chi connectivity index (χ0v) is 10.9. The zero-order valence-electron chi connectivity index (χ0n) is 9.42. The molecule has 2 rings (SSSR count). The molecular formula is C12H15Cl2NO2. The largest absolute Gasteiger partial charge is 0.374 e. The van der Waals surface area contributed by atoms with E-state index < -0.39 is 0 Å². The van der Waals surface area contributed by atoms with Gasteiger partial charge in [0.15, 0.2) is 0 Å². The Morgan fingerprint density at radius 1 is 1.41 bits per heavy atom. The Bertz CT molecular complexity index is 368. The van der Waals surface area contributed by atoms with E-state index in [2.05, 4.69) is 5.32 Å². The van der Waals surface area contributed by atoms with E-state index in [-0.39, 0.29) is 6.10 Å². The van der Waals surface area contributed by atoms with Crippen LogP contribution >= 0.6 is 23.2 Å². The van der Waals surface area contributed by atoms with Crippen molar-refractivity contribution in [3.8, 4) is 0 Å². The molecule has 1 aliphatic rings. The Labute approximate surface area is 111 Å². The van der Waals surface area contributed by atoms with Crippen molar-refractivity contribution in [2.24, 2.45) is 0 Å². The first-order chi connectivity index (χ1) is 8.27. The molecule has 1 heterocycles. The molecule has 1 unspecified atom stereocenters. The number of benzene rings is 1. The highest BCUT2D eigenvalue weighted by Gasteiger charge is 2.13. The van der Waals surface area contributed by atoms with Crippen LogP contribution in [0, 0.1) is 0 Å². The molecule has 0 aromatic heterocycles. The van der Waals surface area contributed by atoms with Crippen molar-refractivity contribution < 1.29 is 9.47 Å². The van der Waals surface area contributed by atoms with E-state index in [0.717, 1.165) is 25.3 Å². The van der Waals surface area contributed by atoms with Gasteiger partial charge in [-0.05, 0) is 11.6 Å². The van der Waals surface area contributed by atoms with Crippen LogP contribution in [0.5, 0.6) is 0 Å². The van der Waals surface area contributed by atoms with Gasteiger partial charge in [-0.2, -0.15) is 0 Å². The van der Waals surface area contributed by atoms with E-state index in [4.69, 9.17) is 32.7 Å². The average molecular weight is 276 g/mol. The van der Waals surface area contributed by atoms with E-state index in [1.165, 1.54) is 0 Å². The molecule has 94 valence electrons. The first-order valence-corrected chi connectivity index (χ1v) is 6.36. The summed E-state index contributed by atoms with van der Waals surface area (Å²) in [5.41, 5.74) is 0.905. The number of rotatable bonds is 4. The van der Waals surface area contributed by atoms with Gasteiger partial charge < -0.3 is 14.8 Å². The highest BCUT2D eigenvalue weighted by Crippen LogP contribution is 2.25. The van der Waals surface area contributed by atoms with Crippen molar-refractivity contribution >= 4 is 23.2 Å². The summed E-state index contributed by atoms with van der Waals surface area (Å²) in [6, 6.07) is 5.54. The van der Waals surface area contributed by atoms with E-state index in [1.54, 1.807) is 6.07 Å². The summed E-state index contributed by atoms with van der Waals surface area (Å²) in [4.78, 5) is 0. The van der Waals surface area contributed by atoms with Crippen molar-refractivity contribution in [2.75, 3.05) is 26.3 Å². The molecule has 5 heteroatoms. The number of morpholine rings is 1. The molecule has 0 amide bonds. The highest BCUT2D eigenvalue weighted by atomic mass is 35.5. The lowest BCUT2D eigenvalue weighted by Crippen LogP contribution is -2.40. The predicted octanol–water partition coefficient (Wildman–Crippen LogP) is 2.50. The fraction of sp³-hybridized carbons (Fsp3) is 0.500. The van der Waals surface area contributed by atoms with Crippen molar-refractivity contribution in [3.63, 3.8) is 0 Å². The topological polar surface area (TPSA) is 30.5 Å². The second-order valence-electron chi connectivity index (χ2n) is 3.92. The van der Waals surface area contributed by atoms with Crippen molar-refractivity contribution in [3.05, 3.63) is 33.8 Å². The maximum Gasteiger partial charge on any atom is 0.0933 e. The number of nitrogens with one attached hydrogen (secondary N) is 1. The number of ether oxygens (including phenoxy) is 2. The quantitative estimate of drug-likeness (QED) is 0.916. The maximum atomic E-state index is 6.06. The summed E-state index contributed by atoms with van der Waals surface area (Å²) >= 11 is 12.0. The monoisotopic (exact) mass is 275 g/mol. The van der Waals surface area contributed by atoms with Gasteiger partial charge in [0.2, 0.25) is 0 Å². The minimum Gasteiger partial charge on any atom is -0.374 e. The zero-order chi connectivity index (χ0) is 12.1. The first-order valence-electron chi connectivity index (χ1n) is 5.60. The van der Waals surface area contributed by atoms with Crippen LogP contribution in [0.15, 0.2) is 18.2 Å². The normalized spacial score (nSPS) is 20.5. The molecule has 1 atom stereocenters. The fourth-order valence-electron chi connectivity index (χ4n) is 1.69. The third-order valence-electron chi connectivity index (χ3n) is 2.60. The van der Waals surface area contributed by atoms with Gasteiger partial charge >= 0.3 is 0 Å². The molecular weight excluding hydrogens is 261 g/mol. The highest BCUT2D eigenvalue weighted by molar-refractivity contribution is 6.42. The SMILES string of the molecule is Clc1cccc(COCC2CNCCO2)c1Cl. The minimum absolute atomic E-state index is 0.127. The van der Waals surface area contributed by atoms with Gasteiger partial charge in [-0.1, -0.05) is 35.3 Å². The summed E-state index contributed by atoms with van der Waals surface area (Å²) < 4.78 is 11.1. The average Bonchev–Trinajstić information content (AvgIpc) is 2.36. The Balaban J connectivity index is 1.79. The molecule has 1 fully saturated rings. The maximum absolute atomic E-state index is 6.06. The lowest BCUT2D eigenvalue weighted by molar-refractivity contribution is -0.0357. The van der Waals surface area contributed by atoms with Crippen LogP contribution in [0.1, 0.15) is 5.56 Å². The van der Waals surface area contributed by atoms with Crippen LogP contribution in [-0.4, -0.2) is 32.4 Å². The van der Waals surface area contributed by atoms with Crippen LogP contribution in [0.25, 0.3) is 0 Å². The Hall–Kier alpha value is -0.320. The molecule has 17 heavy (non-hydrogen) atoms. The van der Waals surface area contributed by atoms with Gasteiger partial charge in [-0.3, -0.25) is 0 Å². The standard InChI is InChI=1S/C12H15Cl2NO2/c13-11-3-1-2-9(12(11)14)7-16-8-10-6-15-4-5-17-10/h1-3,10,15H,4-8H2. The lowest BCUT2D eigenvalue weighted by atomic mass is 10.2. The van der Waals surface area contributed by atoms with Crippen LogP contribution in [-0.2, 0) is 16.1 Å².